The third-order valence-electron chi connectivity index (χ3n) is 1.36. The van der Waals surface area contributed by atoms with E-state index in [0.717, 1.165) is 19.4 Å². The Hall–Kier alpha value is -0.860. The van der Waals surface area contributed by atoms with Crippen LogP contribution >= 0.6 is 0 Å². The zero-order valence-electron chi connectivity index (χ0n) is 7.08. The first-order valence-electron chi connectivity index (χ1n) is 3.91. The van der Waals surface area contributed by atoms with Crippen LogP contribution in [-0.2, 0) is 4.79 Å². The van der Waals surface area contributed by atoms with Crippen LogP contribution in [0.1, 0.15) is 26.7 Å². The summed E-state index contributed by atoms with van der Waals surface area (Å²) in [6.07, 6.45) is 3.62. The standard InChI is InChI=1S/C8H15NO2/c1-3-4-5-9-6-7(2)8(10)11/h6-7H,3-5H2,1-2H3,(H,10,11). The summed E-state index contributed by atoms with van der Waals surface area (Å²) in [5.74, 6) is -1.27. The smallest absolute Gasteiger partial charge is 0.311 e. The molecule has 1 unspecified atom stereocenters. The molecule has 0 aromatic rings. The van der Waals surface area contributed by atoms with E-state index in [4.69, 9.17) is 5.11 Å². The average molecular weight is 157 g/mol. The van der Waals surface area contributed by atoms with Gasteiger partial charge < -0.3 is 5.11 Å². The quantitative estimate of drug-likeness (QED) is 0.486. The molecule has 0 saturated heterocycles. The van der Waals surface area contributed by atoms with E-state index >= 15 is 0 Å². The van der Waals surface area contributed by atoms with E-state index < -0.39 is 11.9 Å². The first-order valence-corrected chi connectivity index (χ1v) is 3.91. The van der Waals surface area contributed by atoms with Gasteiger partial charge in [0.2, 0.25) is 0 Å². The zero-order valence-corrected chi connectivity index (χ0v) is 7.08. The van der Waals surface area contributed by atoms with Crippen molar-refractivity contribution in [3.8, 4) is 0 Å². The van der Waals surface area contributed by atoms with Crippen molar-refractivity contribution < 1.29 is 9.90 Å². The van der Waals surface area contributed by atoms with Gasteiger partial charge in [0.15, 0.2) is 0 Å². The molecular weight excluding hydrogens is 142 g/mol. The number of rotatable bonds is 5. The summed E-state index contributed by atoms with van der Waals surface area (Å²) in [5, 5.41) is 8.45. The number of hydrogen-bond donors (Lipinski definition) is 1. The Morgan fingerprint density at radius 2 is 2.36 bits per heavy atom. The number of carbonyl (C=O) groups is 1. The summed E-state index contributed by atoms with van der Waals surface area (Å²) in [7, 11) is 0. The maximum absolute atomic E-state index is 10.3. The minimum atomic E-state index is -0.815. The molecule has 0 spiro atoms. The Bertz CT molecular complexity index is 143. The highest BCUT2D eigenvalue weighted by atomic mass is 16.4. The molecule has 0 radical (unpaired) electrons. The second-order valence-electron chi connectivity index (χ2n) is 2.54. The zero-order chi connectivity index (χ0) is 8.69. The molecule has 0 amide bonds. The minimum absolute atomic E-state index is 0.452. The first-order chi connectivity index (χ1) is 5.18. The van der Waals surface area contributed by atoms with Crippen molar-refractivity contribution in [2.24, 2.45) is 10.9 Å². The molecule has 0 aliphatic carbocycles. The molecule has 64 valence electrons. The molecule has 0 aliphatic rings. The lowest BCUT2D eigenvalue weighted by molar-refractivity contribution is -0.138. The maximum atomic E-state index is 10.3. The molecule has 11 heavy (non-hydrogen) atoms. The summed E-state index contributed by atoms with van der Waals surface area (Å²) in [6, 6.07) is 0. The van der Waals surface area contributed by atoms with Crippen molar-refractivity contribution in [3.05, 3.63) is 0 Å². The maximum Gasteiger partial charge on any atom is 0.311 e. The fraction of sp³-hybridized carbons (Fsp3) is 0.750. The lowest BCUT2D eigenvalue weighted by Gasteiger charge is -1.95. The molecule has 0 aromatic carbocycles. The van der Waals surface area contributed by atoms with Gasteiger partial charge in [0.25, 0.3) is 0 Å². The van der Waals surface area contributed by atoms with Crippen molar-refractivity contribution >= 4 is 12.2 Å². The number of carboxylic acids is 1. The predicted molar refractivity (Wildman–Crippen MR) is 45.1 cm³/mol. The normalized spacial score (nSPS) is 13.6. The number of aliphatic carboxylic acids is 1. The molecule has 3 nitrogen and oxygen atoms in total. The average Bonchev–Trinajstić information content (AvgIpc) is 1.97. The third kappa shape index (κ3) is 5.58. The molecule has 0 rings (SSSR count). The molecule has 0 saturated carbocycles. The van der Waals surface area contributed by atoms with Crippen LogP contribution in [0.25, 0.3) is 0 Å². The molecule has 0 bridgehead atoms. The van der Waals surface area contributed by atoms with Crippen molar-refractivity contribution in [1.29, 1.82) is 0 Å². The Balaban J connectivity index is 3.48. The Morgan fingerprint density at radius 3 is 2.82 bits per heavy atom. The van der Waals surface area contributed by atoms with Crippen LogP contribution in [0.2, 0.25) is 0 Å². The Labute approximate surface area is 67.1 Å². The third-order valence-corrected chi connectivity index (χ3v) is 1.36. The number of hydrogen-bond acceptors (Lipinski definition) is 2. The topological polar surface area (TPSA) is 49.7 Å². The molecule has 0 aromatic heterocycles. The van der Waals surface area contributed by atoms with Crippen LogP contribution in [-0.4, -0.2) is 23.8 Å². The number of nitrogens with zero attached hydrogens (tertiary/aromatic N) is 1. The SMILES string of the molecule is CCCCN=CC(C)C(=O)O. The molecule has 0 aliphatic heterocycles. The van der Waals surface area contributed by atoms with E-state index in [2.05, 4.69) is 11.9 Å². The van der Waals surface area contributed by atoms with Crippen LogP contribution in [0.15, 0.2) is 4.99 Å². The van der Waals surface area contributed by atoms with Crippen LogP contribution in [0, 0.1) is 5.92 Å². The summed E-state index contributed by atoms with van der Waals surface area (Å²) in [6.45, 7) is 4.45. The monoisotopic (exact) mass is 157 g/mol. The van der Waals surface area contributed by atoms with Gasteiger partial charge in [0.1, 0.15) is 0 Å². The number of unbranched alkanes of at least 4 members (excludes halogenated alkanes) is 1. The van der Waals surface area contributed by atoms with E-state index in [9.17, 15) is 4.79 Å². The second kappa shape index (κ2) is 5.89. The van der Waals surface area contributed by atoms with Gasteiger partial charge in [0.05, 0.1) is 5.92 Å². The lowest BCUT2D eigenvalue weighted by atomic mass is 10.2. The molecule has 3 heteroatoms. The van der Waals surface area contributed by atoms with Gasteiger partial charge in [-0.05, 0) is 13.3 Å². The highest BCUT2D eigenvalue weighted by molar-refractivity contribution is 5.87. The summed E-state index contributed by atoms with van der Waals surface area (Å²) in [5.41, 5.74) is 0. The van der Waals surface area contributed by atoms with Crippen molar-refractivity contribution in [2.75, 3.05) is 6.54 Å². The van der Waals surface area contributed by atoms with Crippen molar-refractivity contribution in [3.63, 3.8) is 0 Å². The van der Waals surface area contributed by atoms with Gasteiger partial charge in [-0.3, -0.25) is 9.79 Å². The first kappa shape index (κ1) is 10.1. The molecule has 1 atom stereocenters. The van der Waals surface area contributed by atoms with Crippen LogP contribution < -0.4 is 0 Å². The van der Waals surface area contributed by atoms with E-state index in [1.54, 1.807) is 6.92 Å². The van der Waals surface area contributed by atoms with Crippen molar-refractivity contribution in [1.82, 2.24) is 0 Å². The van der Waals surface area contributed by atoms with Gasteiger partial charge in [-0.25, -0.2) is 0 Å². The van der Waals surface area contributed by atoms with Crippen LogP contribution in [0.4, 0.5) is 0 Å². The van der Waals surface area contributed by atoms with Gasteiger partial charge >= 0.3 is 5.97 Å². The summed E-state index contributed by atoms with van der Waals surface area (Å²) in [4.78, 5) is 14.2. The highest BCUT2D eigenvalue weighted by Crippen LogP contribution is 1.91. The fourth-order valence-electron chi connectivity index (χ4n) is 0.546. The van der Waals surface area contributed by atoms with Crippen LogP contribution in [0.3, 0.4) is 0 Å². The Morgan fingerprint density at radius 1 is 1.73 bits per heavy atom. The number of carboxylic acid groups (broad SMARTS) is 1. The predicted octanol–water partition coefficient (Wildman–Crippen LogP) is 1.58. The van der Waals surface area contributed by atoms with Gasteiger partial charge in [0, 0.05) is 12.8 Å². The molecular formula is C8H15NO2. The molecule has 0 fully saturated rings. The number of aliphatic imine (C=N–C) groups is 1. The van der Waals surface area contributed by atoms with Gasteiger partial charge in [-0.2, -0.15) is 0 Å². The van der Waals surface area contributed by atoms with E-state index in [0.29, 0.717) is 0 Å². The highest BCUT2D eigenvalue weighted by Gasteiger charge is 2.05. The minimum Gasteiger partial charge on any atom is -0.481 e. The van der Waals surface area contributed by atoms with E-state index in [1.807, 2.05) is 0 Å². The summed E-state index contributed by atoms with van der Waals surface area (Å²) >= 11 is 0. The van der Waals surface area contributed by atoms with E-state index in [-0.39, 0.29) is 0 Å². The lowest BCUT2D eigenvalue weighted by Crippen LogP contribution is -2.10. The summed E-state index contributed by atoms with van der Waals surface area (Å²) < 4.78 is 0. The second-order valence-corrected chi connectivity index (χ2v) is 2.54. The Kier molecular flexibility index (Phi) is 5.43. The van der Waals surface area contributed by atoms with Crippen LogP contribution in [0.5, 0.6) is 0 Å². The van der Waals surface area contributed by atoms with E-state index in [1.165, 1.54) is 6.21 Å². The molecule has 1 N–H and O–H groups in total. The van der Waals surface area contributed by atoms with Crippen molar-refractivity contribution in [2.45, 2.75) is 26.7 Å². The molecule has 0 heterocycles. The van der Waals surface area contributed by atoms with Gasteiger partial charge in [-0.1, -0.05) is 13.3 Å². The largest absolute Gasteiger partial charge is 0.481 e. The van der Waals surface area contributed by atoms with Gasteiger partial charge in [-0.15, -0.1) is 0 Å². The fourth-order valence-corrected chi connectivity index (χ4v) is 0.546.